The van der Waals surface area contributed by atoms with Crippen LogP contribution in [0, 0.1) is 5.41 Å². The SMILES string of the molecule is CN=C1NCc2cc(C(=N)c3c(N)ncnc3NC(C)C)ccc21. The Morgan fingerprint density at radius 3 is 2.88 bits per heavy atom. The summed E-state index contributed by atoms with van der Waals surface area (Å²) in [6.07, 6.45) is 1.41. The highest BCUT2D eigenvalue weighted by molar-refractivity contribution is 6.16. The van der Waals surface area contributed by atoms with Crippen LogP contribution in [-0.2, 0) is 6.54 Å². The molecule has 3 rings (SSSR count). The van der Waals surface area contributed by atoms with Crippen molar-refractivity contribution in [2.75, 3.05) is 18.1 Å². The fraction of sp³-hybridized carbons (Fsp3) is 0.294. The number of nitrogens with zero attached hydrogens (tertiary/aromatic N) is 3. The van der Waals surface area contributed by atoms with Gasteiger partial charge in [0.2, 0.25) is 0 Å². The molecule has 0 fully saturated rings. The van der Waals surface area contributed by atoms with Crippen molar-refractivity contribution in [3.63, 3.8) is 0 Å². The number of rotatable bonds is 4. The van der Waals surface area contributed by atoms with E-state index in [9.17, 15) is 0 Å². The lowest BCUT2D eigenvalue weighted by molar-refractivity contribution is 0.885. The van der Waals surface area contributed by atoms with E-state index in [0.717, 1.165) is 22.5 Å². The lowest BCUT2D eigenvalue weighted by Gasteiger charge is -2.15. The Hall–Kier alpha value is -2.96. The first kappa shape index (κ1) is 15.9. The maximum absolute atomic E-state index is 8.60. The molecule has 0 saturated carbocycles. The molecule has 1 aliphatic rings. The van der Waals surface area contributed by atoms with Crippen molar-refractivity contribution < 1.29 is 0 Å². The number of hydrogen-bond donors (Lipinski definition) is 4. The normalized spacial score (nSPS) is 14.6. The summed E-state index contributed by atoms with van der Waals surface area (Å²) in [4.78, 5) is 12.5. The van der Waals surface area contributed by atoms with Crippen molar-refractivity contribution in [1.82, 2.24) is 15.3 Å². The van der Waals surface area contributed by atoms with E-state index in [1.165, 1.54) is 6.33 Å². The van der Waals surface area contributed by atoms with E-state index in [1.807, 2.05) is 32.0 Å². The van der Waals surface area contributed by atoms with Crippen LogP contribution in [0.15, 0.2) is 29.5 Å². The summed E-state index contributed by atoms with van der Waals surface area (Å²) in [5.74, 6) is 1.76. The molecule has 1 aliphatic heterocycles. The summed E-state index contributed by atoms with van der Waals surface area (Å²) in [5.41, 5.74) is 9.84. The number of fused-ring (bicyclic) bond motifs is 1. The molecule has 0 spiro atoms. The molecule has 1 aromatic heterocycles. The Morgan fingerprint density at radius 2 is 2.17 bits per heavy atom. The van der Waals surface area contributed by atoms with E-state index in [4.69, 9.17) is 11.1 Å². The number of nitrogens with two attached hydrogens (primary N) is 1. The summed E-state index contributed by atoms with van der Waals surface area (Å²) in [6.45, 7) is 4.73. The average Bonchev–Trinajstić information content (AvgIpc) is 2.96. The molecular formula is C17H21N7. The minimum atomic E-state index is 0.179. The highest BCUT2D eigenvalue weighted by atomic mass is 15.1. The number of nitrogen functional groups attached to an aromatic ring is 1. The first-order valence-corrected chi connectivity index (χ1v) is 7.81. The summed E-state index contributed by atoms with van der Waals surface area (Å²) in [7, 11) is 1.76. The molecule has 7 nitrogen and oxygen atoms in total. The third-order valence-electron chi connectivity index (χ3n) is 3.87. The second-order valence-corrected chi connectivity index (χ2v) is 5.95. The largest absolute Gasteiger partial charge is 0.383 e. The molecule has 0 amide bonds. The van der Waals surface area contributed by atoms with Crippen molar-refractivity contribution in [1.29, 1.82) is 5.41 Å². The number of anilines is 2. The predicted molar refractivity (Wildman–Crippen MR) is 96.9 cm³/mol. The van der Waals surface area contributed by atoms with Gasteiger partial charge in [-0.2, -0.15) is 0 Å². The number of benzene rings is 1. The molecular weight excluding hydrogens is 302 g/mol. The molecule has 24 heavy (non-hydrogen) atoms. The second kappa shape index (κ2) is 6.27. The van der Waals surface area contributed by atoms with Crippen LogP contribution in [0.25, 0.3) is 0 Å². The number of aliphatic imine (C=N–C) groups is 1. The van der Waals surface area contributed by atoms with Crippen LogP contribution in [0.5, 0.6) is 0 Å². The van der Waals surface area contributed by atoms with Crippen LogP contribution in [0.1, 0.15) is 36.1 Å². The first-order valence-electron chi connectivity index (χ1n) is 7.81. The van der Waals surface area contributed by atoms with Gasteiger partial charge in [0.05, 0.1) is 11.3 Å². The molecule has 2 aromatic rings. The molecule has 0 unspecified atom stereocenters. The van der Waals surface area contributed by atoms with Crippen molar-refractivity contribution in [3.8, 4) is 0 Å². The molecule has 7 heteroatoms. The van der Waals surface area contributed by atoms with E-state index in [1.54, 1.807) is 7.05 Å². The number of amidine groups is 1. The molecule has 0 saturated heterocycles. The van der Waals surface area contributed by atoms with Crippen molar-refractivity contribution in [3.05, 3.63) is 46.8 Å². The lowest BCUT2D eigenvalue weighted by Crippen LogP contribution is -2.18. The van der Waals surface area contributed by atoms with Crippen LogP contribution in [-0.4, -0.2) is 34.6 Å². The monoisotopic (exact) mass is 323 g/mol. The summed E-state index contributed by atoms with van der Waals surface area (Å²) in [6, 6.07) is 6.06. The third kappa shape index (κ3) is 2.80. The first-order chi connectivity index (χ1) is 11.5. The van der Waals surface area contributed by atoms with Crippen molar-refractivity contribution >= 4 is 23.2 Å². The van der Waals surface area contributed by atoms with Crippen LogP contribution >= 0.6 is 0 Å². The van der Waals surface area contributed by atoms with Gasteiger partial charge in [0.15, 0.2) is 0 Å². The van der Waals surface area contributed by atoms with E-state index in [0.29, 0.717) is 29.5 Å². The van der Waals surface area contributed by atoms with Gasteiger partial charge in [0.1, 0.15) is 23.8 Å². The Kier molecular flexibility index (Phi) is 4.16. The molecule has 0 bridgehead atoms. The Balaban J connectivity index is 2.02. The maximum atomic E-state index is 8.60. The van der Waals surface area contributed by atoms with Gasteiger partial charge in [-0.1, -0.05) is 12.1 Å². The summed E-state index contributed by atoms with van der Waals surface area (Å²) in [5, 5.41) is 15.1. The molecule has 0 radical (unpaired) electrons. The number of hydrogen-bond acceptors (Lipinski definition) is 6. The highest BCUT2D eigenvalue weighted by Crippen LogP contribution is 2.25. The smallest absolute Gasteiger partial charge is 0.141 e. The third-order valence-corrected chi connectivity index (χ3v) is 3.87. The van der Waals surface area contributed by atoms with Gasteiger partial charge in [-0.05, 0) is 25.5 Å². The minimum absolute atomic E-state index is 0.179. The van der Waals surface area contributed by atoms with Gasteiger partial charge in [-0.15, -0.1) is 0 Å². The summed E-state index contributed by atoms with van der Waals surface area (Å²) >= 11 is 0. The molecule has 2 heterocycles. The molecule has 1 aromatic carbocycles. The minimum Gasteiger partial charge on any atom is -0.383 e. The van der Waals surface area contributed by atoms with Crippen molar-refractivity contribution in [2.45, 2.75) is 26.4 Å². The van der Waals surface area contributed by atoms with Gasteiger partial charge in [0.25, 0.3) is 0 Å². The number of nitrogens with one attached hydrogen (secondary N) is 3. The van der Waals surface area contributed by atoms with Crippen LogP contribution < -0.4 is 16.4 Å². The maximum Gasteiger partial charge on any atom is 0.141 e. The zero-order valence-corrected chi connectivity index (χ0v) is 14.0. The quantitative estimate of drug-likeness (QED) is 0.641. The fourth-order valence-electron chi connectivity index (χ4n) is 2.77. The van der Waals surface area contributed by atoms with Gasteiger partial charge in [-0.25, -0.2) is 9.97 Å². The average molecular weight is 323 g/mol. The number of aromatic nitrogens is 2. The summed E-state index contributed by atoms with van der Waals surface area (Å²) < 4.78 is 0. The Bertz CT molecular complexity index is 824. The van der Waals surface area contributed by atoms with E-state index in [-0.39, 0.29) is 6.04 Å². The lowest BCUT2D eigenvalue weighted by atomic mass is 9.98. The van der Waals surface area contributed by atoms with E-state index in [2.05, 4.69) is 25.6 Å². The Labute approximate surface area is 140 Å². The molecule has 0 atom stereocenters. The zero-order valence-electron chi connectivity index (χ0n) is 14.0. The zero-order chi connectivity index (χ0) is 17.3. The highest BCUT2D eigenvalue weighted by Gasteiger charge is 2.21. The van der Waals surface area contributed by atoms with E-state index < -0.39 is 0 Å². The van der Waals surface area contributed by atoms with Crippen molar-refractivity contribution in [2.24, 2.45) is 4.99 Å². The topological polar surface area (TPSA) is 112 Å². The van der Waals surface area contributed by atoms with Gasteiger partial charge in [0, 0.05) is 30.8 Å². The predicted octanol–water partition coefficient (Wildman–Crippen LogP) is 1.77. The van der Waals surface area contributed by atoms with Crippen LogP contribution in [0.4, 0.5) is 11.6 Å². The van der Waals surface area contributed by atoms with Gasteiger partial charge < -0.3 is 16.4 Å². The standard InChI is InChI=1S/C17H21N7/c1-9(2)24-17-13(15(19)22-8-23-17)14(18)10-4-5-12-11(6-10)7-21-16(12)20-3/h4-6,8-9,18H,7H2,1-3H3,(H,20,21)(H3,19,22,23,24). The molecule has 0 aliphatic carbocycles. The van der Waals surface area contributed by atoms with Gasteiger partial charge >= 0.3 is 0 Å². The van der Waals surface area contributed by atoms with Crippen LogP contribution in [0.3, 0.4) is 0 Å². The van der Waals surface area contributed by atoms with Crippen LogP contribution in [0.2, 0.25) is 0 Å². The second-order valence-electron chi connectivity index (χ2n) is 5.95. The fourth-order valence-corrected chi connectivity index (χ4v) is 2.77. The molecule has 124 valence electrons. The van der Waals surface area contributed by atoms with Gasteiger partial charge in [-0.3, -0.25) is 10.4 Å². The molecule has 5 N–H and O–H groups in total. The Morgan fingerprint density at radius 1 is 1.38 bits per heavy atom. The van der Waals surface area contributed by atoms with E-state index >= 15 is 0 Å².